The van der Waals surface area contributed by atoms with Crippen LogP contribution in [0.1, 0.15) is 27.0 Å². The molecule has 11 heteroatoms. The monoisotopic (exact) mass is 516 g/mol. The Morgan fingerprint density at radius 1 is 1.11 bits per heavy atom. The summed E-state index contributed by atoms with van der Waals surface area (Å²) in [7, 11) is 3.48. The molecule has 2 aromatic rings. The number of carbonyl (C=O) groups excluding carboxylic acids is 1. The van der Waals surface area contributed by atoms with Gasteiger partial charge in [0, 0.05) is 48.8 Å². The summed E-state index contributed by atoms with van der Waals surface area (Å²) in [6.07, 6.45) is -5.96. The third-order valence-electron chi connectivity index (χ3n) is 7.10. The van der Waals surface area contributed by atoms with E-state index in [0.717, 1.165) is 31.9 Å². The van der Waals surface area contributed by atoms with Crippen molar-refractivity contribution in [3.05, 3.63) is 58.2 Å². The molecule has 1 fully saturated rings. The number of halogens is 6. The summed E-state index contributed by atoms with van der Waals surface area (Å²) < 4.78 is 88.3. The highest BCUT2D eigenvalue weighted by atomic mass is 19.4. The van der Waals surface area contributed by atoms with Crippen LogP contribution in [0.15, 0.2) is 24.3 Å². The molecule has 196 valence electrons. The maximum atomic E-state index is 15.1. The second-order valence-corrected chi connectivity index (χ2v) is 9.32. The third kappa shape index (κ3) is 4.43. The summed E-state index contributed by atoms with van der Waals surface area (Å²) in [6, 6.07) is 4.31. The highest BCUT2D eigenvalue weighted by Crippen LogP contribution is 2.43. The molecular weight excluding hydrogens is 490 g/mol. The van der Waals surface area contributed by atoms with Gasteiger partial charge in [-0.15, -0.1) is 0 Å². The van der Waals surface area contributed by atoms with Crippen molar-refractivity contribution in [2.24, 2.45) is 5.92 Å². The van der Waals surface area contributed by atoms with Gasteiger partial charge < -0.3 is 19.6 Å². The largest absolute Gasteiger partial charge is 0.495 e. The number of aliphatic hydroxyl groups is 1. The molecule has 2 aliphatic rings. The van der Waals surface area contributed by atoms with Gasteiger partial charge in [-0.05, 0) is 49.7 Å². The molecule has 1 N–H and O–H groups in total. The van der Waals surface area contributed by atoms with Gasteiger partial charge in [0.05, 0.1) is 12.8 Å². The molecule has 0 bridgehead atoms. The van der Waals surface area contributed by atoms with Crippen molar-refractivity contribution >= 4 is 11.5 Å². The molecule has 0 saturated carbocycles. The van der Waals surface area contributed by atoms with Crippen LogP contribution < -0.4 is 9.64 Å². The molecule has 0 aromatic heterocycles. The number of benzene rings is 2. The second-order valence-electron chi connectivity index (χ2n) is 9.32. The Morgan fingerprint density at radius 3 is 2.36 bits per heavy atom. The van der Waals surface area contributed by atoms with E-state index in [1.54, 1.807) is 6.07 Å². The van der Waals surface area contributed by atoms with Crippen LogP contribution in [0.4, 0.5) is 32.0 Å². The van der Waals surface area contributed by atoms with E-state index in [4.69, 9.17) is 4.74 Å². The fourth-order valence-electron chi connectivity index (χ4n) is 4.86. The first-order chi connectivity index (χ1) is 16.9. The summed E-state index contributed by atoms with van der Waals surface area (Å²) in [5.74, 6) is -3.79. The van der Waals surface area contributed by atoms with Gasteiger partial charge in [-0.25, -0.2) is 13.2 Å². The predicted molar refractivity (Wildman–Crippen MR) is 120 cm³/mol. The standard InChI is InChI=1S/C25H26F6N2O3/c1-32-5-7-33(8-6-32)20-11-14-9-15(23(34)16(14)12-21(20)36-2)10-17-19(27)4-3-18(22(17)28)24(35,13-26)25(29,30)31/h3-4,11-12,15,35H,5-10,13H2,1-2H3. The number of ketones is 1. The van der Waals surface area contributed by atoms with Crippen LogP contribution >= 0.6 is 0 Å². The van der Waals surface area contributed by atoms with Gasteiger partial charge in [0.1, 0.15) is 24.1 Å². The zero-order chi connectivity index (χ0) is 26.4. The van der Waals surface area contributed by atoms with E-state index in [0.29, 0.717) is 29.0 Å². The molecular formula is C25H26F6N2O3. The first-order valence-electron chi connectivity index (χ1n) is 11.4. The Hall–Kier alpha value is -2.79. The van der Waals surface area contributed by atoms with Gasteiger partial charge in [0.25, 0.3) is 0 Å². The van der Waals surface area contributed by atoms with Gasteiger partial charge in [-0.2, -0.15) is 13.2 Å². The summed E-state index contributed by atoms with van der Waals surface area (Å²) in [6.45, 7) is 0.798. The maximum absolute atomic E-state index is 15.1. The minimum absolute atomic E-state index is 0.120. The van der Waals surface area contributed by atoms with Crippen LogP contribution in [-0.4, -0.2) is 69.0 Å². The van der Waals surface area contributed by atoms with E-state index in [1.165, 1.54) is 7.11 Å². The summed E-state index contributed by atoms with van der Waals surface area (Å²) in [5.41, 5.74) is -4.60. The molecule has 5 nitrogen and oxygen atoms in total. The fraction of sp³-hybridized carbons (Fsp3) is 0.480. The van der Waals surface area contributed by atoms with E-state index in [1.807, 2.05) is 13.1 Å². The minimum Gasteiger partial charge on any atom is -0.495 e. The predicted octanol–water partition coefficient (Wildman–Crippen LogP) is 4.04. The van der Waals surface area contributed by atoms with Crippen molar-refractivity contribution < 1.29 is 41.0 Å². The molecule has 2 atom stereocenters. The zero-order valence-electron chi connectivity index (χ0n) is 19.8. The maximum Gasteiger partial charge on any atom is 0.424 e. The van der Waals surface area contributed by atoms with Crippen molar-refractivity contribution in [1.29, 1.82) is 0 Å². The third-order valence-corrected chi connectivity index (χ3v) is 7.10. The average Bonchev–Trinajstić information content (AvgIpc) is 3.14. The molecule has 1 aliphatic heterocycles. The molecule has 36 heavy (non-hydrogen) atoms. The number of ether oxygens (including phenoxy) is 1. The fourth-order valence-corrected chi connectivity index (χ4v) is 4.86. The van der Waals surface area contributed by atoms with E-state index in [-0.39, 0.29) is 6.42 Å². The second kappa shape index (κ2) is 9.59. The van der Waals surface area contributed by atoms with Crippen molar-refractivity contribution in [3.8, 4) is 5.75 Å². The average molecular weight is 516 g/mol. The smallest absolute Gasteiger partial charge is 0.424 e. The number of nitrogens with zero attached hydrogens (tertiary/aromatic N) is 2. The van der Waals surface area contributed by atoms with E-state index < -0.39 is 59.3 Å². The molecule has 2 aromatic carbocycles. The van der Waals surface area contributed by atoms with Crippen LogP contribution in [0.2, 0.25) is 0 Å². The van der Waals surface area contributed by atoms with Crippen molar-refractivity contribution in [2.45, 2.75) is 24.6 Å². The Labute approximate surface area is 204 Å². The van der Waals surface area contributed by atoms with Gasteiger partial charge in [0.15, 0.2) is 5.78 Å². The van der Waals surface area contributed by atoms with Crippen LogP contribution in [0.5, 0.6) is 5.75 Å². The highest BCUT2D eigenvalue weighted by molar-refractivity contribution is 6.03. The normalized spacial score (nSPS) is 20.4. The Balaban J connectivity index is 1.65. The van der Waals surface area contributed by atoms with E-state index in [9.17, 15) is 31.9 Å². The first-order valence-corrected chi connectivity index (χ1v) is 11.4. The van der Waals surface area contributed by atoms with Gasteiger partial charge in [-0.3, -0.25) is 4.79 Å². The van der Waals surface area contributed by atoms with Crippen LogP contribution in [0, 0.1) is 17.6 Å². The lowest BCUT2D eigenvalue weighted by atomic mass is 9.88. The lowest BCUT2D eigenvalue weighted by Gasteiger charge is -2.35. The van der Waals surface area contributed by atoms with Gasteiger partial charge in [-0.1, -0.05) is 0 Å². The number of hydrogen-bond acceptors (Lipinski definition) is 5. The van der Waals surface area contributed by atoms with E-state index >= 15 is 4.39 Å². The number of methoxy groups -OCH3 is 1. The number of hydrogen-bond donors (Lipinski definition) is 1. The number of piperazine rings is 1. The Kier molecular flexibility index (Phi) is 7.00. The van der Waals surface area contributed by atoms with Gasteiger partial charge >= 0.3 is 6.18 Å². The number of fused-ring (bicyclic) bond motifs is 1. The number of likely N-dealkylation sites (N-methyl/N-ethyl adjacent to an activating group) is 1. The summed E-state index contributed by atoms with van der Waals surface area (Å²) in [4.78, 5) is 17.4. The topological polar surface area (TPSA) is 53.0 Å². The van der Waals surface area contributed by atoms with Crippen LogP contribution in [0.25, 0.3) is 0 Å². The van der Waals surface area contributed by atoms with Crippen molar-refractivity contribution in [1.82, 2.24) is 4.90 Å². The zero-order valence-corrected chi connectivity index (χ0v) is 19.8. The first kappa shape index (κ1) is 26.3. The number of Topliss-reactive ketones (excluding diaryl/α,β-unsaturated/α-hetero) is 1. The molecule has 0 radical (unpaired) electrons. The van der Waals surface area contributed by atoms with Gasteiger partial charge in [0.2, 0.25) is 5.60 Å². The number of carbonyl (C=O) groups is 1. The lowest BCUT2D eigenvalue weighted by Crippen LogP contribution is -2.45. The number of anilines is 1. The van der Waals surface area contributed by atoms with Crippen LogP contribution in [0.3, 0.4) is 0 Å². The lowest BCUT2D eigenvalue weighted by molar-refractivity contribution is -0.272. The number of alkyl halides is 4. The van der Waals surface area contributed by atoms with Crippen molar-refractivity contribution in [3.63, 3.8) is 0 Å². The summed E-state index contributed by atoms with van der Waals surface area (Å²) >= 11 is 0. The minimum atomic E-state index is -5.53. The molecule has 2 unspecified atom stereocenters. The Morgan fingerprint density at radius 2 is 1.78 bits per heavy atom. The molecule has 1 saturated heterocycles. The Bertz CT molecular complexity index is 1160. The quantitative estimate of drug-likeness (QED) is 0.588. The number of rotatable bonds is 6. The SMILES string of the molecule is COc1cc2c(cc1N1CCN(C)CC1)CC(Cc1c(F)ccc(C(O)(CF)C(F)(F)F)c1F)C2=O. The molecule has 1 heterocycles. The highest BCUT2D eigenvalue weighted by Gasteiger charge is 2.57. The van der Waals surface area contributed by atoms with E-state index in [2.05, 4.69) is 9.80 Å². The molecule has 0 amide bonds. The molecule has 4 rings (SSSR count). The molecule has 0 spiro atoms. The molecule has 1 aliphatic carbocycles. The van der Waals surface area contributed by atoms with Crippen LogP contribution in [-0.2, 0) is 18.4 Å². The summed E-state index contributed by atoms with van der Waals surface area (Å²) in [5, 5.41) is 9.86. The van der Waals surface area contributed by atoms with Crippen molar-refractivity contribution in [2.75, 3.05) is 51.9 Å².